The molecule has 1 aromatic heterocycles. The summed E-state index contributed by atoms with van der Waals surface area (Å²) in [5.74, 6) is 1.60. The third-order valence-electron chi connectivity index (χ3n) is 2.51. The van der Waals surface area contributed by atoms with Crippen molar-refractivity contribution in [3.63, 3.8) is 0 Å². The Bertz CT molecular complexity index is 450. The van der Waals surface area contributed by atoms with Crippen LogP contribution in [0, 0.1) is 0 Å². The molecule has 0 saturated heterocycles. The molecule has 80 valence electrons. The van der Waals surface area contributed by atoms with Crippen LogP contribution in [0.1, 0.15) is 6.42 Å². The number of aryl methyl sites for hydroxylation is 1. The molecule has 0 aliphatic carbocycles. The van der Waals surface area contributed by atoms with Crippen LogP contribution in [-0.4, -0.2) is 17.6 Å². The number of benzene rings is 1. The minimum atomic E-state index is 0.704. The van der Waals surface area contributed by atoms with Gasteiger partial charge in [-0.3, -0.25) is 0 Å². The predicted octanol–water partition coefficient (Wildman–Crippen LogP) is 3.28. The van der Waals surface area contributed by atoms with Gasteiger partial charge in [-0.05, 0) is 30.7 Å². The van der Waals surface area contributed by atoms with Gasteiger partial charge in [-0.1, -0.05) is 0 Å². The Morgan fingerprint density at radius 3 is 2.93 bits per heavy atom. The number of rotatable bonds is 4. The first kappa shape index (κ1) is 10.4. The van der Waals surface area contributed by atoms with Crippen molar-refractivity contribution in [2.45, 2.75) is 13.0 Å². The summed E-state index contributed by atoms with van der Waals surface area (Å²) in [5, 5.41) is 1.21. The van der Waals surface area contributed by atoms with E-state index in [4.69, 9.17) is 16.3 Å². The predicted molar refractivity (Wildman–Crippen MR) is 63.8 cm³/mol. The van der Waals surface area contributed by atoms with Gasteiger partial charge in [-0.25, -0.2) is 0 Å². The lowest BCUT2D eigenvalue weighted by molar-refractivity contribution is 0.415. The molecule has 0 fully saturated rings. The summed E-state index contributed by atoms with van der Waals surface area (Å²) in [4.78, 5) is 0. The summed E-state index contributed by atoms with van der Waals surface area (Å²) in [6.07, 6.45) is 3.09. The summed E-state index contributed by atoms with van der Waals surface area (Å²) < 4.78 is 7.40. The maximum atomic E-state index is 5.68. The van der Waals surface area contributed by atoms with E-state index < -0.39 is 0 Å². The number of alkyl halides is 1. The standard InChI is InChI=1S/C12H14ClNO/c1-15-11-3-4-12-10(9-11)5-8-14(12)7-2-6-13/h3-5,8-9H,2,6-7H2,1H3. The summed E-state index contributed by atoms with van der Waals surface area (Å²) in [6, 6.07) is 8.22. The Morgan fingerprint density at radius 2 is 2.20 bits per heavy atom. The Balaban J connectivity index is 2.34. The van der Waals surface area contributed by atoms with Crippen molar-refractivity contribution in [3.8, 4) is 5.75 Å². The third-order valence-corrected chi connectivity index (χ3v) is 2.78. The number of hydrogen-bond donors (Lipinski definition) is 0. The zero-order valence-electron chi connectivity index (χ0n) is 8.74. The fourth-order valence-electron chi connectivity index (χ4n) is 1.73. The molecule has 0 radical (unpaired) electrons. The zero-order chi connectivity index (χ0) is 10.7. The molecule has 1 heterocycles. The molecule has 0 saturated carbocycles. The number of fused-ring (bicyclic) bond motifs is 1. The van der Waals surface area contributed by atoms with Crippen molar-refractivity contribution in [1.82, 2.24) is 4.57 Å². The van der Waals surface area contributed by atoms with E-state index in [-0.39, 0.29) is 0 Å². The Kier molecular flexibility index (Phi) is 3.17. The van der Waals surface area contributed by atoms with E-state index in [0.717, 1.165) is 18.7 Å². The SMILES string of the molecule is COc1ccc2c(ccn2CCCCl)c1. The van der Waals surface area contributed by atoms with E-state index in [9.17, 15) is 0 Å². The highest BCUT2D eigenvalue weighted by Gasteiger charge is 2.01. The molecular formula is C12H14ClNO. The summed E-state index contributed by atoms with van der Waals surface area (Å²) in [6.45, 7) is 0.972. The molecular weight excluding hydrogens is 210 g/mol. The monoisotopic (exact) mass is 223 g/mol. The van der Waals surface area contributed by atoms with Gasteiger partial charge in [-0.15, -0.1) is 11.6 Å². The fourth-order valence-corrected chi connectivity index (χ4v) is 1.85. The van der Waals surface area contributed by atoms with Crippen molar-refractivity contribution >= 4 is 22.5 Å². The first-order valence-corrected chi connectivity index (χ1v) is 5.57. The average Bonchev–Trinajstić information content (AvgIpc) is 2.68. The normalized spacial score (nSPS) is 10.8. The number of aromatic nitrogens is 1. The number of halogens is 1. The van der Waals surface area contributed by atoms with Gasteiger partial charge in [0.15, 0.2) is 0 Å². The van der Waals surface area contributed by atoms with Crippen LogP contribution in [0.4, 0.5) is 0 Å². The lowest BCUT2D eigenvalue weighted by Gasteiger charge is -2.04. The van der Waals surface area contributed by atoms with Crippen LogP contribution in [0.2, 0.25) is 0 Å². The highest BCUT2D eigenvalue weighted by molar-refractivity contribution is 6.17. The van der Waals surface area contributed by atoms with Crippen LogP contribution in [0.15, 0.2) is 30.5 Å². The first-order valence-electron chi connectivity index (χ1n) is 5.04. The lowest BCUT2D eigenvalue weighted by atomic mass is 10.2. The molecule has 2 nitrogen and oxygen atoms in total. The van der Waals surface area contributed by atoms with E-state index in [1.54, 1.807) is 7.11 Å². The van der Waals surface area contributed by atoms with Crippen LogP contribution in [0.5, 0.6) is 5.75 Å². The molecule has 0 bridgehead atoms. The van der Waals surface area contributed by atoms with Crippen molar-refractivity contribution in [2.75, 3.05) is 13.0 Å². The number of ether oxygens (including phenoxy) is 1. The molecule has 2 aromatic rings. The lowest BCUT2D eigenvalue weighted by Crippen LogP contribution is -1.96. The van der Waals surface area contributed by atoms with Gasteiger partial charge in [0, 0.05) is 29.5 Å². The third kappa shape index (κ3) is 2.10. The molecule has 2 rings (SSSR count). The topological polar surface area (TPSA) is 14.2 Å². The van der Waals surface area contributed by atoms with Gasteiger partial charge in [0.25, 0.3) is 0 Å². The Labute approximate surface area is 94.4 Å². The van der Waals surface area contributed by atoms with E-state index in [1.807, 2.05) is 12.1 Å². The van der Waals surface area contributed by atoms with Crippen LogP contribution < -0.4 is 4.74 Å². The summed E-state index contributed by atoms with van der Waals surface area (Å²) >= 11 is 5.68. The smallest absolute Gasteiger partial charge is 0.119 e. The minimum absolute atomic E-state index is 0.704. The van der Waals surface area contributed by atoms with Crippen molar-refractivity contribution in [3.05, 3.63) is 30.5 Å². The molecule has 3 heteroatoms. The highest BCUT2D eigenvalue weighted by atomic mass is 35.5. The fraction of sp³-hybridized carbons (Fsp3) is 0.333. The summed E-state index contributed by atoms with van der Waals surface area (Å²) in [5.41, 5.74) is 1.24. The second kappa shape index (κ2) is 4.58. The number of hydrogen-bond acceptors (Lipinski definition) is 1. The van der Waals surface area contributed by atoms with Gasteiger partial charge < -0.3 is 9.30 Å². The van der Waals surface area contributed by atoms with Gasteiger partial charge in [0.1, 0.15) is 5.75 Å². The van der Waals surface area contributed by atoms with Crippen LogP contribution in [-0.2, 0) is 6.54 Å². The molecule has 15 heavy (non-hydrogen) atoms. The molecule has 0 unspecified atom stereocenters. The average molecular weight is 224 g/mol. The second-order valence-electron chi connectivity index (χ2n) is 3.48. The molecule has 0 spiro atoms. The number of nitrogens with zero attached hydrogens (tertiary/aromatic N) is 1. The first-order chi connectivity index (χ1) is 7.35. The van der Waals surface area contributed by atoms with E-state index in [2.05, 4.69) is 22.9 Å². The molecule has 0 atom stereocenters. The van der Waals surface area contributed by atoms with Gasteiger partial charge in [0.2, 0.25) is 0 Å². The maximum absolute atomic E-state index is 5.68. The highest BCUT2D eigenvalue weighted by Crippen LogP contribution is 2.21. The van der Waals surface area contributed by atoms with Crippen molar-refractivity contribution in [1.29, 1.82) is 0 Å². The molecule has 0 N–H and O–H groups in total. The largest absolute Gasteiger partial charge is 0.497 e. The van der Waals surface area contributed by atoms with Crippen molar-refractivity contribution < 1.29 is 4.74 Å². The Hall–Kier alpha value is -1.15. The number of methoxy groups -OCH3 is 1. The van der Waals surface area contributed by atoms with Gasteiger partial charge >= 0.3 is 0 Å². The van der Waals surface area contributed by atoms with Gasteiger partial charge in [-0.2, -0.15) is 0 Å². The van der Waals surface area contributed by atoms with E-state index >= 15 is 0 Å². The zero-order valence-corrected chi connectivity index (χ0v) is 9.50. The second-order valence-corrected chi connectivity index (χ2v) is 3.85. The van der Waals surface area contributed by atoms with Crippen LogP contribution in [0.3, 0.4) is 0 Å². The van der Waals surface area contributed by atoms with Crippen LogP contribution >= 0.6 is 11.6 Å². The van der Waals surface area contributed by atoms with E-state index in [0.29, 0.717) is 5.88 Å². The van der Waals surface area contributed by atoms with Crippen molar-refractivity contribution in [2.24, 2.45) is 0 Å². The quantitative estimate of drug-likeness (QED) is 0.726. The molecule has 0 aliphatic rings. The summed E-state index contributed by atoms with van der Waals surface area (Å²) in [7, 11) is 1.69. The minimum Gasteiger partial charge on any atom is -0.497 e. The van der Waals surface area contributed by atoms with Gasteiger partial charge in [0.05, 0.1) is 7.11 Å². The maximum Gasteiger partial charge on any atom is 0.119 e. The van der Waals surface area contributed by atoms with Crippen LogP contribution in [0.25, 0.3) is 10.9 Å². The molecule has 0 aliphatic heterocycles. The van der Waals surface area contributed by atoms with E-state index in [1.165, 1.54) is 10.9 Å². The Morgan fingerprint density at radius 1 is 1.33 bits per heavy atom. The molecule has 1 aromatic carbocycles. The molecule has 0 amide bonds.